The second kappa shape index (κ2) is 17.4. The Bertz CT molecular complexity index is 1280. The van der Waals surface area contributed by atoms with Crippen LogP contribution in [0.5, 0.6) is 0 Å². The third-order valence-electron chi connectivity index (χ3n) is 11.4. The van der Waals surface area contributed by atoms with E-state index in [2.05, 4.69) is 23.4 Å². The lowest BCUT2D eigenvalue weighted by atomic mass is 9.78. The van der Waals surface area contributed by atoms with Crippen molar-refractivity contribution in [1.29, 1.82) is 0 Å². The average molecular weight is 720 g/mol. The summed E-state index contributed by atoms with van der Waals surface area (Å²) < 4.78 is 32.6. The number of aliphatic hydroxyl groups is 3. The van der Waals surface area contributed by atoms with Crippen molar-refractivity contribution >= 4 is 5.97 Å². The minimum Gasteiger partial charge on any atom is -0.459 e. The lowest BCUT2D eigenvalue weighted by Gasteiger charge is -2.49. The number of hydrogen-bond donors (Lipinski definition) is 3. The molecule has 12 heteroatoms. The fraction of sp³-hybridized carbons (Fsp3) is 0.795. The topological polar surface area (TPSA) is 143 Å². The molecule has 5 heterocycles. The summed E-state index contributed by atoms with van der Waals surface area (Å²) in [5, 5.41) is 35.8. The monoisotopic (exact) mass is 719 g/mol. The summed E-state index contributed by atoms with van der Waals surface area (Å²) in [6.45, 7) is 20.6. The van der Waals surface area contributed by atoms with Gasteiger partial charge in [-0.2, -0.15) is 0 Å². The molecule has 0 spiro atoms. The Hall–Kier alpha value is -2.00. The highest BCUT2D eigenvalue weighted by Gasteiger charge is 2.52. The maximum absolute atomic E-state index is 13.8. The molecule has 4 aliphatic rings. The summed E-state index contributed by atoms with van der Waals surface area (Å²) in [6, 6.07) is 5.48. The Morgan fingerprint density at radius 3 is 2.43 bits per heavy atom. The summed E-state index contributed by atoms with van der Waals surface area (Å²) in [4.78, 5) is 22.7. The number of carbonyl (C=O) groups is 1. The molecule has 5 rings (SSSR count). The standard InChI is InChI=1S/C39H65N3O9/c1-12-31-39(9,46)34-24(3)19-42(20-29-15-13-14-16-40-29)25(4)18-38(8,48-22-23(2)21-47-34)35(27(6)32(43)28(7)36(45)50-31)51-37-33(44)30(41(10)11)17-26(5)49-37/h13-16,24-28,30-35,37,43-44,46H,2,12,17-22H2,1,3-11H3/t24-,25+,26+,27-,28+,30-,31+,32-,33+,34-,35+,37-,38+,39+/m0/s1. The van der Waals surface area contributed by atoms with Crippen LogP contribution in [0.2, 0.25) is 0 Å². The average Bonchev–Trinajstić information content (AvgIpc) is 3.07. The number of likely N-dealkylation sites (N-methyl/N-ethyl adjacent to an activating group) is 1. The Labute approximate surface area is 305 Å². The second-order valence-corrected chi connectivity index (χ2v) is 16.2. The smallest absolute Gasteiger partial charge is 0.311 e. The summed E-state index contributed by atoms with van der Waals surface area (Å²) in [7, 11) is 3.84. The summed E-state index contributed by atoms with van der Waals surface area (Å²) in [5.41, 5.74) is -1.14. The van der Waals surface area contributed by atoms with E-state index in [1.165, 1.54) is 0 Å². The predicted molar refractivity (Wildman–Crippen MR) is 194 cm³/mol. The van der Waals surface area contributed by atoms with Crippen LogP contribution in [0.25, 0.3) is 0 Å². The van der Waals surface area contributed by atoms with E-state index in [1.54, 1.807) is 20.0 Å². The molecule has 4 saturated heterocycles. The van der Waals surface area contributed by atoms with E-state index in [0.29, 0.717) is 37.9 Å². The molecule has 4 fully saturated rings. The van der Waals surface area contributed by atoms with Crippen LogP contribution in [0.3, 0.4) is 0 Å². The maximum atomic E-state index is 13.8. The van der Waals surface area contributed by atoms with Gasteiger partial charge in [0, 0.05) is 37.3 Å². The fourth-order valence-corrected chi connectivity index (χ4v) is 8.41. The first-order valence-electron chi connectivity index (χ1n) is 18.7. The molecule has 4 aliphatic heterocycles. The van der Waals surface area contributed by atoms with E-state index < -0.39 is 65.8 Å². The first kappa shape index (κ1) is 41.8. The number of ether oxygens (including phenoxy) is 5. The summed E-state index contributed by atoms with van der Waals surface area (Å²) in [5.74, 6) is -2.55. The zero-order valence-electron chi connectivity index (χ0n) is 32.5. The molecule has 1 aromatic rings. The molecule has 0 unspecified atom stereocenters. The Morgan fingerprint density at radius 1 is 1.10 bits per heavy atom. The Kier molecular flexibility index (Phi) is 14.3. The van der Waals surface area contributed by atoms with Gasteiger partial charge in [0.25, 0.3) is 0 Å². The van der Waals surface area contributed by atoms with Gasteiger partial charge < -0.3 is 43.9 Å². The van der Waals surface area contributed by atoms with Crippen molar-refractivity contribution in [2.75, 3.05) is 33.9 Å². The van der Waals surface area contributed by atoms with Crippen molar-refractivity contribution in [3.05, 3.63) is 42.2 Å². The summed E-state index contributed by atoms with van der Waals surface area (Å²) in [6.07, 6.45) is -2.82. The Balaban J connectivity index is 1.89. The summed E-state index contributed by atoms with van der Waals surface area (Å²) >= 11 is 0. The van der Waals surface area contributed by atoms with Gasteiger partial charge in [-0.05, 0) is 91.6 Å². The SMILES string of the molecule is C=C1CO[C@H]2[C@@H](C)CN(Cc3ccccn3)[C@H](C)C[C@@](C)(OC1)[C@H](O[C@@H]1O[C@H](C)C[C@H](N(C)C)[C@H]1O)[C@@H](C)[C@H](O)[C@@H](C)C(=O)O[C@H](CC)[C@@]2(C)O. The number of esters is 1. The van der Waals surface area contributed by atoms with E-state index in [0.717, 1.165) is 5.69 Å². The van der Waals surface area contributed by atoms with Crippen LogP contribution in [0.1, 0.15) is 80.3 Å². The molecule has 12 nitrogen and oxygen atoms in total. The minimum atomic E-state index is -1.58. The molecule has 0 saturated carbocycles. The quantitative estimate of drug-likeness (QED) is 0.292. The number of rotatable bonds is 6. The number of nitrogens with zero attached hydrogens (tertiary/aromatic N) is 3. The first-order valence-corrected chi connectivity index (χ1v) is 18.7. The van der Waals surface area contributed by atoms with Gasteiger partial charge in [-0.3, -0.25) is 14.7 Å². The van der Waals surface area contributed by atoms with Crippen LogP contribution in [-0.2, 0) is 35.0 Å². The van der Waals surface area contributed by atoms with Crippen molar-refractivity contribution in [3.8, 4) is 0 Å². The van der Waals surface area contributed by atoms with E-state index in [1.807, 2.05) is 71.8 Å². The number of hydrogen-bond acceptors (Lipinski definition) is 12. The molecule has 0 amide bonds. The molecule has 0 aromatic carbocycles. The molecule has 14 atom stereocenters. The largest absolute Gasteiger partial charge is 0.459 e. The van der Waals surface area contributed by atoms with Crippen LogP contribution in [0.4, 0.5) is 0 Å². The molecule has 0 radical (unpaired) electrons. The van der Waals surface area contributed by atoms with Crippen molar-refractivity contribution < 1.29 is 43.8 Å². The highest BCUT2D eigenvalue weighted by molar-refractivity contribution is 5.73. The lowest BCUT2D eigenvalue weighted by molar-refractivity contribution is -0.303. The van der Waals surface area contributed by atoms with Gasteiger partial charge in [0.15, 0.2) is 6.29 Å². The normalized spacial score (nSPS) is 42.7. The van der Waals surface area contributed by atoms with Crippen LogP contribution >= 0.6 is 0 Å². The predicted octanol–water partition coefficient (Wildman–Crippen LogP) is 3.56. The van der Waals surface area contributed by atoms with Crippen molar-refractivity contribution in [2.24, 2.45) is 17.8 Å². The number of aromatic nitrogens is 1. The van der Waals surface area contributed by atoms with Crippen molar-refractivity contribution in [2.45, 2.75) is 147 Å². The van der Waals surface area contributed by atoms with E-state index in [4.69, 9.17) is 23.7 Å². The van der Waals surface area contributed by atoms with Crippen LogP contribution in [-0.4, -0.2) is 136 Å². The maximum Gasteiger partial charge on any atom is 0.311 e. The van der Waals surface area contributed by atoms with E-state index in [-0.39, 0.29) is 37.3 Å². The molecule has 3 N–H and O–H groups in total. The van der Waals surface area contributed by atoms with Crippen LogP contribution in [0, 0.1) is 17.8 Å². The lowest BCUT2D eigenvalue weighted by Crippen LogP contribution is -2.60. The minimum absolute atomic E-state index is 0.105. The highest BCUT2D eigenvalue weighted by atomic mass is 16.7. The zero-order valence-corrected chi connectivity index (χ0v) is 32.5. The Morgan fingerprint density at radius 2 is 1.80 bits per heavy atom. The highest BCUT2D eigenvalue weighted by Crippen LogP contribution is 2.39. The molecule has 2 bridgehead atoms. The number of aliphatic hydroxyl groups excluding tert-OH is 2. The second-order valence-electron chi connectivity index (χ2n) is 16.2. The van der Waals surface area contributed by atoms with Crippen molar-refractivity contribution in [1.82, 2.24) is 14.8 Å². The number of pyridine rings is 1. The number of fused-ring (bicyclic) bond motifs is 15. The third-order valence-corrected chi connectivity index (χ3v) is 11.4. The molecule has 290 valence electrons. The first-order chi connectivity index (χ1) is 23.9. The van der Waals surface area contributed by atoms with Gasteiger partial charge in [-0.15, -0.1) is 0 Å². The molecular formula is C39H65N3O9. The van der Waals surface area contributed by atoms with Gasteiger partial charge in [-0.25, -0.2) is 0 Å². The van der Waals surface area contributed by atoms with Crippen LogP contribution < -0.4 is 0 Å². The molecule has 1 aromatic heterocycles. The van der Waals surface area contributed by atoms with Gasteiger partial charge in [-0.1, -0.05) is 33.4 Å². The molecular weight excluding hydrogens is 654 g/mol. The van der Waals surface area contributed by atoms with E-state index >= 15 is 0 Å². The van der Waals surface area contributed by atoms with E-state index in [9.17, 15) is 20.1 Å². The van der Waals surface area contributed by atoms with Crippen LogP contribution in [0.15, 0.2) is 36.5 Å². The molecule has 0 aliphatic carbocycles. The van der Waals surface area contributed by atoms with Crippen molar-refractivity contribution in [3.63, 3.8) is 0 Å². The fourth-order valence-electron chi connectivity index (χ4n) is 8.41. The molecule has 51 heavy (non-hydrogen) atoms. The van der Waals surface area contributed by atoms with Gasteiger partial charge in [0.2, 0.25) is 0 Å². The number of carbonyl (C=O) groups excluding carboxylic acids is 1. The van der Waals surface area contributed by atoms with Gasteiger partial charge >= 0.3 is 5.97 Å². The zero-order chi connectivity index (χ0) is 37.8. The third kappa shape index (κ3) is 9.76. The van der Waals surface area contributed by atoms with Gasteiger partial charge in [0.1, 0.15) is 17.8 Å². The van der Waals surface area contributed by atoms with Gasteiger partial charge in [0.05, 0.1) is 54.8 Å².